The predicted octanol–water partition coefficient (Wildman–Crippen LogP) is 2.53. The molecule has 0 bridgehead atoms. The zero-order valence-corrected chi connectivity index (χ0v) is 10.5. The first kappa shape index (κ1) is 13.0. The van der Waals surface area contributed by atoms with Crippen molar-refractivity contribution in [2.24, 2.45) is 17.6 Å². The summed E-state index contributed by atoms with van der Waals surface area (Å²) in [6.07, 6.45) is 8.02. The van der Waals surface area contributed by atoms with E-state index in [2.05, 4.69) is 19.2 Å². The van der Waals surface area contributed by atoms with Crippen LogP contribution in [0.15, 0.2) is 0 Å². The molecule has 3 atom stereocenters. The summed E-state index contributed by atoms with van der Waals surface area (Å²) < 4.78 is 0. The number of rotatable bonds is 6. The van der Waals surface area contributed by atoms with Crippen molar-refractivity contribution in [1.29, 1.82) is 0 Å². The predicted molar refractivity (Wildman–Crippen MR) is 66.9 cm³/mol. The Bertz CT molecular complexity index is 153. The maximum absolute atomic E-state index is 5.91. The van der Waals surface area contributed by atoms with Gasteiger partial charge in [-0.2, -0.15) is 0 Å². The molecule has 1 aliphatic heterocycles. The van der Waals surface area contributed by atoms with E-state index in [4.69, 9.17) is 5.73 Å². The standard InChI is InChI=1S/C13H28N2/c1-3-6-11(2)9-12(10-14)13-7-4-5-8-15-13/h11-13,15H,3-10,14H2,1-2H3/t11-,12-,13+/m0/s1. The lowest BCUT2D eigenvalue weighted by atomic mass is 9.84. The van der Waals surface area contributed by atoms with Crippen LogP contribution in [0.25, 0.3) is 0 Å². The van der Waals surface area contributed by atoms with Gasteiger partial charge in [0, 0.05) is 6.04 Å². The quantitative estimate of drug-likeness (QED) is 0.710. The van der Waals surface area contributed by atoms with Crippen LogP contribution in [-0.2, 0) is 0 Å². The summed E-state index contributed by atoms with van der Waals surface area (Å²) in [6, 6.07) is 0.697. The zero-order valence-electron chi connectivity index (χ0n) is 10.5. The number of hydrogen-bond donors (Lipinski definition) is 2. The van der Waals surface area contributed by atoms with Crippen LogP contribution in [0, 0.1) is 11.8 Å². The van der Waals surface area contributed by atoms with Crippen LogP contribution in [-0.4, -0.2) is 19.1 Å². The van der Waals surface area contributed by atoms with E-state index in [1.54, 1.807) is 0 Å². The molecule has 0 amide bonds. The summed E-state index contributed by atoms with van der Waals surface area (Å²) in [5, 5.41) is 3.64. The third-order valence-electron chi connectivity index (χ3n) is 3.71. The lowest BCUT2D eigenvalue weighted by Crippen LogP contribution is -2.43. The van der Waals surface area contributed by atoms with Gasteiger partial charge in [0.2, 0.25) is 0 Å². The summed E-state index contributed by atoms with van der Waals surface area (Å²) in [7, 11) is 0. The van der Waals surface area contributed by atoms with Gasteiger partial charge in [-0.15, -0.1) is 0 Å². The summed E-state index contributed by atoms with van der Waals surface area (Å²) in [4.78, 5) is 0. The largest absolute Gasteiger partial charge is 0.330 e. The average molecular weight is 212 g/mol. The highest BCUT2D eigenvalue weighted by atomic mass is 14.9. The van der Waals surface area contributed by atoms with Crippen LogP contribution >= 0.6 is 0 Å². The van der Waals surface area contributed by atoms with Crippen LogP contribution in [0.1, 0.15) is 52.4 Å². The van der Waals surface area contributed by atoms with Gasteiger partial charge in [0.1, 0.15) is 0 Å². The van der Waals surface area contributed by atoms with Crippen LogP contribution in [0.3, 0.4) is 0 Å². The van der Waals surface area contributed by atoms with Gasteiger partial charge in [-0.05, 0) is 44.2 Å². The van der Waals surface area contributed by atoms with Gasteiger partial charge in [-0.1, -0.05) is 33.1 Å². The molecule has 1 rings (SSSR count). The van der Waals surface area contributed by atoms with Gasteiger partial charge in [-0.25, -0.2) is 0 Å². The van der Waals surface area contributed by atoms with Crippen molar-refractivity contribution in [3.05, 3.63) is 0 Å². The molecule has 2 nitrogen and oxygen atoms in total. The molecule has 0 aromatic carbocycles. The van der Waals surface area contributed by atoms with Gasteiger partial charge in [0.05, 0.1) is 0 Å². The first-order valence-corrected chi connectivity index (χ1v) is 6.71. The van der Waals surface area contributed by atoms with Gasteiger partial charge < -0.3 is 11.1 Å². The molecule has 0 aromatic rings. The normalized spacial score (nSPS) is 26.2. The molecule has 1 heterocycles. The van der Waals surface area contributed by atoms with Gasteiger partial charge >= 0.3 is 0 Å². The van der Waals surface area contributed by atoms with Crippen molar-refractivity contribution >= 4 is 0 Å². The molecule has 0 aliphatic carbocycles. The van der Waals surface area contributed by atoms with Crippen molar-refractivity contribution in [3.8, 4) is 0 Å². The Morgan fingerprint density at radius 3 is 2.73 bits per heavy atom. The molecule has 15 heavy (non-hydrogen) atoms. The molecule has 0 radical (unpaired) electrons. The van der Waals surface area contributed by atoms with Crippen LogP contribution in [0.2, 0.25) is 0 Å². The number of hydrogen-bond acceptors (Lipinski definition) is 2. The highest BCUT2D eigenvalue weighted by Crippen LogP contribution is 2.23. The maximum atomic E-state index is 5.91. The molecule has 0 unspecified atom stereocenters. The van der Waals surface area contributed by atoms with Crippen molar-refractivity contribution in [1.82, 2.24) is 5.32 Å². The highest BCUT2D eigenvalue weighted by Gasteiger charge is 2.23. The van der Waals surface area contributed by atoms with E-state index < -0.39 is 0 Å². The zero-order chi connectivity index (χ0) is 11.1. The third kappa shape index (κ3) is 4.52. The molecular formula is C13H28N2. The van der Waals surface area contributed by atoms with Gasteiger partial charge in [-0.3, -0.25) is 0 Å². The highest BCUT2D eigenvalue weighted by molar-refractivity contribution is 4.81. The van der Waals surface area contributed by atoms with Crippen LogP contribution in [0.4, 0.5) is 0 Å². The van der Waals surface area contributed by atoms with Crippen LogP contribution < -0.4 is 11.1 Å². The summed E-state index contributed by atoms with van der Waals surface area (Å²) in [6.45, 7) is 6.69. The Hall–Kier alpha value is -0.0800. The maximum Gasteiger partial charge on any atom is 0.0107 e. The third-order valence-corrected chi connectivity index (χ3v) is 3.71. The number of nitrogens with two attached hydrogens (primary N) is 1. The second-order valence-electron chi connectivity index (χ2n) is 5.18. The molecule has 0 aromatic heterocycles. The minimum atomic E-state index is 0.697. The first-order valence-electron chi connectivity index (χ1n) is 6.71. The summed E-state index contributed by atoms with van der Waals surface area (Å²) >= 11 is 0. The minimum Gasteiger partial charge on any atom is -0.330 e. The molecule has 3 N–H and O–H groups in total. The number of nitrogens with one attached hydrogen (secondary N) is 1. The lowest BCUT2D eigenvalue weighted by Gasteiger charge is -2.32. The van der Waals surface area contributed by atoms with E-state index in [1.807, 2.05) is 0 Å². The van der Waals surface area contributed by atoms with Crippen LogP contribution in [0.5, 0.6) is 0 Å². The molecule has 0 saturated carbocycles. The SMILES string of the molecule is CCC[C@H](C)C[C@@H](CN)[C@H]1CCCCN1. The second kappa shape index (κ2) is 7.24. The van der Waals surface area contributed by atoms with E-state index in [-0.39, 0.29) is 0 Å². The van der Waals surface area contributed by atoms with Crippen molar-refractivity contribution in [3.63, 3.8) is 0 Å². The summed E-state index contributed by atoms with van der Waals surface area (Å²) in [5.41, 5.74) is 5.91. The van der Waals surface area contributed by atoms with Crippen molar-refractivity contribution in [2.75, 3.05) is 13.1 Å². The Morgan fingerprint density at radius 1 is 1.40 bits per heavy atom. The van der Waals surface area contributed by atoms with E-state index in [0.29, 0.717) is 12.0 Å². The Labute approximate surface area is 95.0 Å². The molecule has 90 valence electrons. The van der Waals surface area contributed by atoms with E-state index in [1.165, 1.54) is 45.1 Å². The molecule has 1 saturated heterocycles. The van der Waals surface area contributed by atoms with Gasteiger partial charge in [0.15, 0.2) is 0 Å². The monoisotopic (exact) mass is 212 g/mol. The smallest absolute Gasteiger partial charge is 0.0107 e. The fourth-order valence-corrected chi connectivity index (χ4v) is 2.83. The minimum absolute atomic E-state index is 0.697. The average Bonchev–Trinajstić information content (AvgIpc) is 2.27. The molecule has 1 aliphatic rings. The topological polar surface area (TPSA) is 38.0 Å². The Kier molecular flexibility index (Phi) is 6.26. The fourth-order valence-electron chi connectivity index (χ4n) is 2.83. The summed E-state index contributed by atoms with van der Waals surface area (Å²) in [5.74, 6) is 1.54. The Morgan fingerprint density at radius 2 is 2.20 bits per heavy atom. The van der Waals surface area contributed by atoms with Gasteiger partial charge in [0.25, 0.3) is 0 Å². The van der Waals surface area contributed by atoms with Crippen molar-refractivity contribution in [2.45, 2.75) is 58.4 Å². The Balaban J connectivity index is 2.32. The fraction of sp³-hybridized carbons (Fsp3) is 1.00. The molecule has 2 heteroatoms. The number of piperidine rings is 1. The first-order chi connectivity index (χ1) is 7.27. The lowest BCUT2D eigenvalue weighted by molar-refractivity contribution is 0.254. The molecule has 0 spiro atoms. The van der Waals surface area contributed by atoms with E-state index in [0.717, 1.165) is 12.5 Å². The van der Waals surface area contributed by atoms with E-state index in [9.17, 15) is 0 Å². The molecule has 1 fully saturated rings. The molecular weight excluding hydrogens is 184 g/mol. The second-order valence-corrected chi connectivity index (χ2v) is 5.18. The van der Waals surface area contributed by atoms with Crippen molar-refractivity contribution < 1.29 is 0 Å². The van der Waals surface area contributed by atoms with E-state index >= 15 is 0 Å².